The Morgan fingerprint density at radius 1 is 1.18 bits per heavy atom. The fourth-order valence-electron chi connectivity index (χ4n) is 0.236. The molecule has 0 spiro atoms. The average Bonchev–Trinajstić information content (AvgIpc) is 1.63. The van der Waals surface area contributed by atoms with E-state index in [1.165, 1.54) is 0 Å². The third-order valence-corrected chi connectivity index (χ3v) is 0.656. The van der Waals surface area contributed by atoms with Crippen LogP contribution in [0.5, 0.6) is 0 Å². The molecular weight excluding hydrogens is 202 g/mol. The van der Waals surface area contributed by atoms with Crippen LogP contribution >= 0.6 is 0 Å². The molecule has 0 atom stereocenters. The van der Waals surface area contributed by atoms with Crippen molar-refractivity contribution in [1.82, 2.24) is 0 Å². The van der Waals surface area contributed by atoms with Crippen molar-refractivity contribution >= 4 is 11.9 Å². The summed E-state index contributed by atoms with van der Waals surface area (Å²) in [4.78, 5) is 19.4. The van der Waals surface area contributed by atoms with Crippen LogP contribution in [0.25, 0.3) is 0 Å². The number of carbonyl (C=O) groups is 2. The van der Waals surface area contributed by atoms with E-state index < -0.39 is 11.9 Å². The summed E-state index contributed by atoms with van der Waals surface area (Å²) >= 11 is 0. The standard InChI is InChI=1S/C5H6O4.2K/c1-3(5(8)9)2-4(6)7;;/h2H,1H3,(H,6,7)(H,8,9);;/q;2*+1/p-2/b3-2+;;. The van der Waals surface area contributed by atoms with Crippen molar-refractivity contribution in [2.24, 2.45) is 0 Å². The van der Waals surface area contributed by atoms with Gasteiger partial charge in [-0.05, 0) is 18.6 Å². The van der Waals surface area contributed by atoms with Crippen LogP contribution in [0.4, 0.5) is 0 Å². The van der Waals surface area contributed by atoms with Gasteiger partial charge in [0.25, 0.3) is 0 Å². The SMILES string of the molecule is C/C(=C\C(=O)[O-])C(=O)[O-].[K+].[K+]. The van der Waals surface area contributed by atoms with E-state index in [0.717, 1.165) is 6.92 Å². The van der Waals surface area contributed by atoms with Crippen LogP contribution in [0.3, 0.4) is 0 Å². The van der Waals surface area contributed by atoms with E-state index in [1.807, 2.05) is 0 Å². The Balaban J connectivity index is -0.000000320. The number of rotatable bonds is 2. The monoisotopic (exact) mass is 206 g/mol. The first-order chi connectivity index (χ1) is 4.04. The van der Waals surface area contributed by atoms with Crippen molar-refractivity contribution in [3.8, 4) is 0 Å². The van der Waals surface area contributed by atoms with Gasteiger partial charge in [-0.15, -0.1) is 0 Å². The molecule has 0 N–H and O–H groups in total. The van der Waals surface area contributed by atoms with E-state index >= 15 is 0 Å². The Kier molecular flexibility index (Phi) is 17.0. The van der Waals surface area contributed by atoms with E-state index in [0.29, 0.717) is 6.08 Å². The maximum absolute atomic E-state index is 9.76. The van der Waals surface area contributed by atoms with Crippen LogP contribution in [0.2, 0.25) is 0 Å². The molecule has 50 valence electrons. The predicted octanol–water partition coefficient (Wildman–Crippen LogP) is -8.56. The van der Waals surface area contributed by atoms with Gasteiger partial charge in [-0.1, -0.05) is 0 Å². The summed E-state index contributed by atoms with van der Waals surface area (Å²) in [6, 6.07) is 0. The molecule has 0 amide bonds. The van der Waals surface area contributed by atoms with Gasteiger partial charge in [-0.3, -0.25) is 0 Å². The third kappa shape index (κ3) is 12.0. The van der Waals surface area contributed by atoms with Gasteiger partial charge in [0.2, 0.25) is 0 Å². The minimum Gasteiger partial charge on any atom is -0.545 e. The van der Waals surface area contributed by atoms with Crippen LogP contribution in [0, 0.1) is 0 Å². The van der Waals surface area contributed by atoms with Crippen LogP contribution in [0.15, 0.2) is 11.6 Å². The summed E-state index contributed by atoms with van der Waals surface area (Å²) in [6.45, 7) is 1.12. The fraction of sp³-hybridized carbons (Fsp3) is 0.200. The Morgan fingerprint density at radius 2 is 1.55 bits per heavy atom. The molecule has 0 radical (unpaired) electrons. The molecule has 0 saturated carbocycles. The second-order valence-electron chi connectivity index (χ2n) is 1.43. The van der Waals surface area contributed by atoms with Gasteiger partial charge in [0.05, 0.1) is 11.9 Å². The summed E-state index contributed by atoms with van der Waals surface area (Å²) in [5.41, 5.74) is -0.352. The molecule has 0 rings (SSSR count). The van der Waals surface area contributed by atoms with Gasteiger partial charge in [0.1, 0.15) is 0 Å². The number of aliphatic carboxylic acids is 2. The summed E-state index contributed by atoms with van der Waals surface area (Å²) in [7, 11) is 0. The topological polar surface area (TPSA) is 80.3 Å². The molecule has 0 aromatic carbocycles. The minimum absolute atomic E-state index is 0. The van der Waals surface area contributed by atoms with E-state index in [-0.39, 0.29) is 108 Å². The molecule has 0 aliphatic rings. The van der Waals surface area contributed by atoms with Crippen molar-refractivity contribution in [3.63, 3.8) is 0 Å². The Morgan fingerprint density at radius 3 is 1.64 bits per heavy atom. The Hall–Kier alpha value is 1.95. The van der Waals surface area contributed by atoms with E-state index in [2.05, 4.69) is 0 Å². The van der Waals surface area contributed by atoms with Crippen LogP contribution < -0.4 is 113 Å². The van der Waals surface area contributed by atoms with Crippen molar-refractivity contribution in [2.75, 3.05) is 0 Å². The van der Waals surface area contributed by atoms with Crippen molar-refractivity contribution in [2.45, 2.75) is 6.92 Å². The van der Waals surface area contributed by atoms with Crippen molar-refractivity contribution in [3.05, 3.63) is 11.6 Å². The zero-order valence-corrected chi connectivity index (χ0v) is 13.0. The van der Waals surface area contributed by atoms with Gasteiger partial charge in [0, 0.05) is 0 Å². The van der Waals surface area contributed by atoms with Gasteiger partial charge in [-0.25, -0.2) is 0 Å². The molecule has 0 aliphatic heterocycles. The summed E-state index contributed by atoms with van der Waals surface area (Å²) in [5.74, 6) is -3.03. The molecule has 0 bridgehead atoms. The maximum Gasteiger partial charge on any atom is 1.00 e. The molecule has 0 fully saturated rings. The zero-order chi connectivity index (χ0) is 7.44. The number of carboxylic acid groups (broad SMARTS) is 2. The molecule has 6 heteroatoms. The second kappa shape index (κ2) is 10.0. The van der Waals surface area contributed by atoms with Gasteiger partial charge in [0.15, 0.2) is 0 Å². The van der Waals surface area contributed by atoms with Crippen LogP contribution in [-0.2, 0) is 9.59 Å². The number of carbonyl (C=O) groups excluding carboxylic acids is 2. The molecule has 0 aliphatic carbocycles. The second-order valence-corrected chi connectivity index (χ2v) is 1.43. The molecule has 0 saturated heterocycles. The summed E-state index contributed by atoms with van der Waals surface area (Å²) < 4.78 is 0. The average molecular weight is 206 g/mol. The molecule has 0 heterocycles. The third-order valence-electron chi connectivity index (χ3n) is 0.656. The first-order valence-electron chi connectivity index (χ1n) is 2.14. The largest absolute Gasteiger partial charge is 1.00 e. The predicted molar refractivity (Wildman–Crippen MR) is 23.8 cm³/mol. The number of carboxylic acids is 2. The first kappa shape index (κ1) is 18.7. The molecular formula is C5H4K2O4. The molecule has 11 heavy (non-hydrogen) atoms. The summed E-state index contributed by atoms with van der Waals surface area (Å²) in [6.07, 6.45) is 0.468. The first-order valence-corrected chi connectivity index (χ1v) is 2.14. The molecule has 0 aromatic heterocycles. The number of hydrogen-bond acceptors (Lipinski definition) is 4. The quantitative estimate of drug-likeness (QED) is 0.332. The van der Waals surface area contributed by atoms with Crippen molar-refractivity contribution in [1.29, 1.82) is 0 Å². The maximum atomic E-state index is 9.76. The van der Waals surface area contributed by atoms with E-state index in [4.69, 9.17) is 0 Å². The van der Waals surface area contributed by atoms with E-state index in [1.54, 1.807) is 0 Å². The van der Waals surface area contributed by atoms with Crippen LogP contribution in [-0.4, -0.2) is 11.9 Å². The Labute approximate surface area is 149 Å². The van der Waals surface area contributed by atoms with E-state index in [9.17, 15) is 19.8 Å². The molecule has 0 unspecified atom stereocenters. The zero-order valence-electron chi connectivity index (χ0n) is 6.71. The minimum atomic E-state index is -1.53. The Bertz CT molecular complexity index is 175. The summed E-state index contributed by atoms with van der Waals surface area (Å²) in [5, 5.41) is 19.4. The van der Waals surface area contributed by atoms with Crippen LogP contribution in [0.1, 0.15) is 6.92 Å². The van der Waals surface area contributed by atoms with Gasteiger partial charge < -0.3 is 19.8 Å². The molecule has 0 aromatic rings. The van der Waals surface area contributed by atoms with Gasteiger partial charge >= 0.3 is 103 Å². The van der Waals surface area contributed by atoms with Gasteiger partial charge in [-0.2, -0.15) is 0 Å². The number of hydrogen-bond donors (Lipinski definition) is 0. The normalized spacial score (nSPS) is 9.00. The molecule has 4 nitrogen and oxygen atoms in total. The fourth-order valence-corrected chi connectivity index (χ4v) is 0.236. The van der Waals surface area contributed by atoms with Crippen molar-refractivity contribution < 1.29 is 123 Å². The smallest absolute Gasteiger partial charge is 0.545 e.